The average molecular weight is 288 g/mol. The highest BCUT2D eigenvalue weighted by molar-refractivity contribution is 5.61. The van der Waals surface area contributed by atoms with Crippen LogP contribution in [0.25, 0.3) is 5.70 Å². The zero-order valence-corrected chi connectivity index (χ0v) is 11.7. The zero-order valence-electron chi connectivity index (χ0n) is 11.7. The van der Waals surface area contributed by atoms with Gasteiger partial charge in [-0.2, -0.15) is 0 Å². The SMILES string of the molecule is C=C/C=C\C=C(/N)c1ccc([C@H]2CC(O)[C@@H](CO)O2)cn1. The topological polar surface area (TPSA) is 88.6 Å². The van der Waals surface area contributed by atoms with Gasteiger partial charge < -0.3 is 20.7 Å². The van der Waals surface area contributed by atoms with Crippen LogP contribution in [0.15, 0.2) is 49.2 Å². The minimum Gasteiger partial charge on any atom is -0.397 e. The van der Waals surface area contributed by atoms with Crippen molar-refractivity contribution in [3.05, 3.63) is 60.5 Å². The van der Waals surface area contributed by atoms with Gasteiger partial charge in [0.05, 0.1) is 30.2 Å². The number of pyridine rings is 1. The molecule has 1 aliphatic rings. The van der Waals surface area contributed by atoms with Gasteiger partial charge in [0, 0.05) is 12.6 Å². The summed E-state index contributed by atoms with van der Waals surface area (Å²) >= 11 is 0. The third kappa shape index (κ3) is 3.78. The Hall–Kier alpha value is -1.95. The Balaban J connectivity index is 2.07. The van der Waals surface area contributed by atoms with Crippen molar-refractivity contribution in [2.75, 3.05) is 6.61 Å². The van der Waals surface area contributed by atoms with E-state index in [0.29, 0.717) is 17.8 Å². The summed E-state index contributed by atoms with van der Waals surface area (Å²) < 4.78 is 5.58. The molecule has 1 aliphatic heterocycles. The number of hydrogen-bond acceptors (Lipinski definition) is 5. The number of aromatic nitrogens is 1. The molecule has 2 rings (SSSR count). The fraction of sp³-hybridized carbons (Fsp3) is 0.312. The van der Waals surface area contributed by atoms with Gasteiger partial charge in [0.1, 0.15) is 6.10 Å². The highest BCUT2D eigenvalue weighted by Gasteiger charge is 2.34. The molecule has 4 N–H and O–H groups in total. The lowest BCUT2D eigenvalue weighted by atomic mass is 10.1. The highest BCUT2D eigenvalue weighted by atomic mass is 16.5. The second-order valence-electron chi connectivity index (χ2n) is 4.87. The molecule has 0 aromatic carbocycles. The van der Waals surface area contributed by atoms with Crippen LogP contribution in [0.5, 0.6) is 0 Å². The van der Waals surface area contributed by atoms with Crippen LogP contribution < -0.4 is 5.73 Å². The minimum atomic E-state index is -0.645. The summed E-state index contributed by atoms with van der Waals surface area (Å²) in [5.41, 5.74) is 8.00. The Morgan fingerprint density at radius 3 is 2.86 bits per heavy atom. The molecule has 5 heteroatoms. The highest BCUT2D eigenvalue weighted by Crippen LogP contribution is 2.32. The van der Waals surface area contributed by atoms with Crippen molar-refractivity contribution in [3.8, 4) is 0 Å². The molecule has 1 saturated heterocycles. The Morgan fingerprint density at radius 1 is 1.48 bits per heavy atom. The fourth-order valence-electron chi connectivity index (χ4n) is 2.20. The largest absolute Gasteiger partial charge is 0.397 e. The minimum absolute atomic E-state index is 0.186. The van der Waals surface area contributed by atoms with Crippen molar-refractivity contribution in [2.45, 2.75) is 24.7 Å². The molecule has 2 heterocycles. The van der Waals surface area contributed by atoms with E-state index in [1.807, 2.05) is 12.1 Å². The molecule has 0 aliphatic carbocycles. The summed E-state index contributed by atoms with van der Waals surface area (Å²) in [5.74, 6) is 0. The van der Waals surface area contributed by atoms with Gasteiger partial charge in [0.2, 0.25) is 0 Å². The summed E-state index contributed by atoms with van der Waals surface area (Å²) in [6.45, 7) is 3.39. The van der Waals surface area contributed by atoms with E-state index >= 15 is 0 Å². The summed E-state index contributed by atoms with van der Waals surface area (Å²) in [6.07, 6.45) is 7.72. The van der Waals surface area contributed by atoms with Crippen LogP contribution in [-0.4, -0.2) is 34.0 Å². The molecule has 1 aromatic rings. The molecular weight excluding hydrogens is 268 g/mol. The summed E-state index contributed by atoms with van der Waals surface area (Å²) in [4.78, 5) is 4.30. The maximum absolute atomic E-state index is 9.73. The number of hydrogen-bond donors (Lipinski definition) is 3. The third-order valence-corrected chi connectivity index (χ3v) is 3.38. The molecular formula is C16H20N2O3. The first-order valence-electron chi connectivity index (χ1n) is 6.81. The van der Waals surface area contributed by atoms with Crippen LogP contribution in [0.1, 0.15) is 23.8 Å². The smallest absolute Gasteiger partial charge is 0.107 e. The average Bonchev–Trinajstić information content (AvgIpc) is 2.88. The molecule has 0 radical (unpaired) electrons. The van der Waals surface area contributed by atoms with Crippen LogP contribution in [0.4, 0.5) is 0 Å². The van der Waals surface area contributed by atoms with Crippen LogP contribution in [-0.2, 0) is 4.74 Å². The lowest BCUT2D eigenvalue weighted by Crippen LogP contribution is -2.24. The number of aliphatic hydroxyl groups excluding tert-OH is 2. The Labute approximate surface area is 124 Å². The van der Waals surface area contributed by atoms with Crippen molar-refractivity contribution in [2.24, 2.45) is 5.73 Å². The van der Waals surface area contributed by atoms with E-state index in [9.17, 15) is 5.11 Å². The number of rotatable bonds is 5. The molecule has 21 heavy (non-hydrogen) atoms. The van der Waals surface area contributed by atoms with Gasteiger partial charge in [-0.1, -0.05) is 30.9 Å². The number of allylic oxidation sites excluding steroid dienone is 4. The summed E-state index contributed by atoms with van der Waals surface area (Å²) in [7, 11) is 0. The molecule has 5 nitrogen and oxygen atoms in total. The molecule has 0 amide bonds. The zero-order chi connectivity index (χ0) is 15.2. The molecule has 112 valence electrons. The maximum Gasteiger partial charge on any atom is 0.107 e. The monoisotopic (exact) mass is 288 g/mol. The van der Waals surface area contributed by atoms with Crippen LogP contribution in [0, 0.1) is 0 Å². The quantitative estimate of drug-likeness (QED) is 0.711. The number of nitrogens with zero attached hydrogens (tertiary/aromatic N) is 1. The number of nitrogens with two attached hydrogens (primary N) is 1. The van der Waals surface area contributed by atoms with E-state index in [2.05, 4.69) is 11.6 Å². The van der Waals surface area contributed by atoms with E-state index < -0.39 is 12.2 Å². The van der Waals surface area contributed by atoms with Gasteiger partial charge in [0.25, 0.3) is 0 Å². The van der Waals surface area contributed by atoms with E-state index in [0.717, 1.165) is 5.56 Å². The first kappa shape index (κ1) is 15.4. The first-order chi connectivity index (χ1) is 10.2. The molecule has 0 bridgehead atoms. The van der Waals surface area contributed by atoms with Gasteiger partial charge in [-0.05, 0) is 17.7 Å². The molecule has 0 saturated carbocycles. The predicted octanol–water partition coefficient (Wildman–Crippen LogP) is 1.31. The Kier molecular flexibility index (Phi) is 5.27. The third-order valence-electron chi connectivity index (χ3n) is 3.38. The first-order valence-corrected chi connectivity index (χ1v) is 6.81. The lowest BCUT2D eigenvalue weighted by molar-refractivity contribution is -0.0226. The Bertz CT molecular complexity index is 537. The Morgan fingerprint density at radius 2 is 2.29 bits per heavy atom. The molecule has 1 unspecified atom stereocenters. The summed E-state index contributed by atoms with van der Waals surface area (Å²) in [5, 5.41) is 18.8. The molecule has 0 spiro atoms. The van der Waals surface area contributed by atoms with Crippen LogP contribution in [0.3, 0.4) is 0 Å². The van der Waals surface area contributed by atoms with Gasteiger partial charge in [-0.15, -0.1) is 0 Å². The summed E-state index contributed by atoms with van der Waals surface area (Å²) in [6, 6.07) is 3.68. The predicted molar refractivity (Wildman–Crippen MR) is 81.1 cm³/mol. The van der Waals surface area contributed by atoms with Gasteiger partial charge >= 0.3 is 0 Å². The maximum atomic E-state index is 9.73. The number of ether oxygens (including phenoxy) is 1. The fourth-order valence-corrected chi connectivity index (χ4v) is 2.20. The second-order valence-corrected chi connectivity index (χ2v) is 4.87. The normalized spacial score (nSPS) is 26.4. The van der Waals surface area contributed by atoms with Crippen LogP contribution in [0.2, 0.25) is 0 Å². The van der Waals surface area contributed by atoms with Crippen molar-refractivity contribution in [1.29, 1.82) is 0 Å². The lowest BCUT2D eigenvalue weighted by Gasteiger charge is -2.12. The second kappa shape index (κ2) is 7.17. The molecule has 1 aromatic heterocycles. The van der Waals surface area contributed by atoms with E-state index in [1.54, 1.807) is 30.5 Å². The van der Waals surface area contributed by atoms with Crippen molar-refractivity contribution in [1.82, 2.24) is 4.98 Å². The standard InChI is InChI=1S/C16H20N2O3/c1-2-3-4-5-12(17)13-7-6-11(9-18-13)15-8-14(20)16(10-19)21-15/h2-7,9,14-16,19-20H,1,8,10,17H2/b4-3-,12-5-/t14?,15-,16-/m1/s1. The van der Waals surface area contributed by atoms with E-state index in [-0.39, 0.29) is 12.7 Å². The van der Waals surface area contributed by atoms with Crippen molar-refractivity contribution < 1.29 is 14.9 Å². The van der Waals surface area contributed by atoms with Gasteiger partial charge in [-0.3, -0.25) is 4.98 Å². The van der Waals surface area contributed by atoms with E-state index in [4.69, 9.17) is 15.6 Å². The van der Waals surface area contributed by atoms with Crippen molar-refractivity contribution in [3.63, 3.8) is 0 Å². The molecule has 3 atom stereocenters. The van der Waals surface area contributed by atoms with E-state index in [1.165, 1.54) is 0 Å². The van der Waals surface area contributed by atoms with Crippen molar-refractivity contribution >= 4 is 5.70 Å². The number of aliphatic hydroxyl groups is 2. The van der Waals surface area contributed by atoms with Crippen LogP contribution >= 0.6 is 0 Å². The van der Waals surface area contributed by atoms with Gasteiger partial charge in [-0.25, -0.2) is 0 Å². The molecule has 1 fully saturated rings. The van der Waals surface area contributed by atoms with Gasteiger partial charge in [0.15, 0.2) is 0 Å².